The van der Waals surface area contributed by atoms with Crippen LogP contribution in [0.2, 0.25) is 0 Å². The molecule has 1 amide bonds. The van der Waals surface area contributed by atoms with E-state index >= 15 is 0 Å². The van der Waals surface area contributed by atoms with Crippen molar-refractivity contribution in [3.05, 3.63) is 51.5 Å². The average molecular weight is 341 g/mol. The van der Waals surface area contributed by atoms with Crippen molar-refractivity contribution in [1.29, 1.82) is 0 Å². The molecule has 1 aromatic heterocycles. The maximum absolute atomic E-state index is 12.7. The highest BCUT2D eigenvalue weighted by atomic mass is 32.1. The fourth-order valence-corrected chi connectivity index (χ4v) is 4.17. The zero-order valence-electron chi connectivity index (χ0n) is 14.1. The molecule has 0 N–H and O–H groups in total. The van der Waals surface area contributed by atoms with Gasteiger partial charge in [-0.2, -0.15) is 0 Å². The normalized spacial score (nSPS) is 18.8. The fraction of sp³-hybridized carbons (Fsp3) is 0.474. The van der Waals surface area contributed by atoms with Crippen LogP contribution < -0.4 is 0 Å². The summed E-state index contributed by atoms with van der Waals surface area (Å²) in [5.74, 6) is 0.900. The molecule has 1 aliphatic heterocycles. The van der Waals surface area contributed by atoms with Crippen molar-refractivity contribution in [2.24, 2.45) is 0 Å². The standard InChI is InChI=1S/C19H23N3OS/c1-14-4-2-3-5-16(14)19(23)22-10-8-21(9-11-22)12-18-20-17(13-24-18)15-6-7-15/h2-5,13,15H,6-12H2,1H3. The van der Waals surface area contributed by atoms with Crippen molar-refractivity contribution < 1.29 is 4.79 Å². The number of thiazole rings is 1. The van der Waals surface area contributed by atoms with Gasteiger partial charge in [-0.15, -0.1) is 11.3 Å². The van der Waals surface area contributed by atoms with Crippen LogP contribution in [-0.4, -0.2) is 46.9 Å². The molecular formula is C19H23N3OS. The van der Waals surface area contributed by atoms with Crippen LogP contribution in [0.1, 0.15) is 45.4 Å². The molecule has 1 saturated heterocycles. The van der Waals surface area contributed by atoms with Gasteiger partial charge in [-0.3, -0.25) is 9.69 Å². The molecule has 0 unspecified atom stereocenters. The highest BCUT2D eigenvalue weighted by Crippen LogP contribution is 2.40. The Hall–Kier alpha value is -1.72. The number of aryl methyl sites for hydroxylation is 1. The number of piperazine rings is 1. The summed E-state index contributed by atoms with van der Waals surface area (Å²) in [6.45, 7) is 6.38. The molecule has 5 heteroatoms. The van der Waals surface area contributed by atoms with Gasteiger partial charge in [0, 0.05) is 43.0 Å². The number of aromatic nitrogens is 1. The second kappa shape index (κ2) is 6.65. The van der Waals surface area contributed by atoms with Crippen molar-refractivity contribution in [1.82, 2.24) is 14.8 Å². The van der Waals surface area contributed by atoms with Crippen LogP contribution >= 0.6 is 11.3 Å². The van der Waals surface area contributed by atoms with E-state index in [1.165, 1.54) is 23.5 Å². The molecule has 0 radical (unpaired) electrons. The summed E-state index contributed by atoms with van der Waals surface area (Å²) in [5.41, 5.74) is 3.18. The molecule has 24 heavy (non-hydrogen) atoms. The Bertz CT molecular complexity index is 730. The van der Waals surface area contributed by atoms with Gasteiger partial charge in [-0.25, -0.2) is 4.98 Å². The molecule has 4 rings (SSSR count). The van der Waals surface area contributed by atoms with Crippen LogP contribution in [0.5, 0.6) is 0 Å². The first kappa shape index (κ1) is 15.8. The van der Waals surface area contributed by atoms with Crippen molar-refractivity contribution in [2.45, 2.75) is 32.2 Å². The van der Waals surface area contributed by atoms with Crippen molar-refractivity contribution in [2.75, 3.05) is 26.2 Å². The van der Waals surface area contributed by atoms with E-state index in [9.17, 15) is 4.79 Å². The molecule has 2 fully saturated rings. The maximum Gasteiger partial charge on any atom is 0.254 e. The van der Waals surface area contributed by atoms with E-state index in [1.54, 1.807) is 11.3 Å². The molecule has 2 aromatic rings. The van der Waals surface area contributed by atoms with Gasteiger partial charge in [0.1, 0.15) is 5.01 Å². The second-order valence-electron chi connectivity index (χ2n) is 6.82. The first-order chi connectivity index (χ1) is 11.7. The molecule has 0 spiro atoms. The van der Waals surface area contributed by atoms with Gasteiger partial charge in [-0.05, 0) is 31.4 Å². The van der Waals surface area contributed by atoms with Crippen LogP contribution in [0.15, 0.2) is 29.6 Å². The zero-order chi connectivity index (χ0) is 16.5. The van der Waals surface area contributed by atoms with Gasteiger partial charge < -0.3 is 4.90 Å². The second-order valence-corrected chi connectivity index (χ2v) is 7.77. The predicted octanol–water partition coefficient (Wildman–Crippen LogP) is 3.29. The molecule has 4 nitrogen and oxygen atoms in total. The lowest BCUT2D eigenvalue weighted by Crippen LogP contribution is -2.48. The summed E-state index contributed by atoms with van der Waals surface area (Å²) in [6.07, 6.45) is 2.62. The number of benzene rings is 1. The number of nitrogens with zero attached hydrogens (tertiary/aromatic N) is 3. The Morgan fingerprint density at radius 1 is 1.21 bits per heavy atom. The van der Waals surface area contributed by atoms with E-state index in [-0.39, 0.29) is 5.91 Å². The first-order valence-corrected chi connectivity index (χ1v) is 9.60. The molecule has 1 aromatic carbocycles. The number of rotatable bonds is 4. The third-order valence-corrected chi connectivity index (χ3v) is 5.81. The third-order valence-electron chi connectivity index (χ3n) is 4.96. The van der Waals surface area contributed by atoms with Crippen molar-refractivity contribution >= 4 is 17.2 Å². The Kier molecular flexibility index (Phi) is 4.37. The summed E-state index contributed by atoms with van der Waals surface area (Å²) in [4.78, 5) is 21.8. The topological polar surface area (TPSA) is 36.4 Å². The van der Waals surface area contributed by atoms with E-state index in [1.807, 2.05) is 36.1 Å². The van der Waals surface area contributed by atoms with Gasteiger partial charge in [0.05, 0.1) is 12.2 Å². The highest BCUT2D eigenvalue weighted by molar-refractivity contribution is 7.09. The number of amides is 1. The molecule has 1 aliphatic carbocycles. The minimum absolute atomic E-state index is 0.165. The predicted molar refractivity (Wildman–Crippen MR) is 96.4 cm³/mol. The Morgan fingerprint density at radius 3 is 2.67 bits per heavy atom. The lowest BCUT2D eigenvalue weighted by molar-refractivity contribution is 0.0627. The quantitative estimate of drug-likeness (QED) is 0.856. The summed E-state index contributed by atoms with van der Waals surface area (Å²) in [6, 6.07) is 7.85. The monoisotopic (exact) mass is 341 g/mol. The van der Waals surface area contributed by atoms with Gasteiger partial charge in [0.15, 0.2) is 0 Å². The minimum Gasteiger partial charge on any atom is -0.336 e. The van der Waals surface area contributed by atoms with Crippen LogP contribution in [0.3, 0.4) is 0 Å². The molecule has 1 saturated carbocycles. The van der Waals surface area contributed by atoms with Gasteiger partial charge in [0.25, 0.3) is 5.91 Å². The lowest BCUT2D eigenvalue weighted by Gasteiger charge is -2.34. The first-order valence-electron chi connectivity index (χ1n) is 8.72. The van der Waals surface area contributed by atoms with E-state index < -0.39 is 0 Å². The zero-order valence-corrected chi connectivity index (χ0v) is 14.9. The summed E-state index contributed by atoms with van der Waals surface area (Å²) >= 11 is 1.78. The van der Waals surface area contributed by atoms with E-state index in [2.05, 4.69) is 10.3 Å². The fourth-order valence-electron chi connectivity index (χ4n) is 3.25. The number of carbonyl (C=O) groups excluding carboxylic acids is 1. The van der Waals surface area contributed by atoms with E-state index in [4.69, 9.17) is 4.98 Å². The minimum atomic E-state index is 0.165. The smallest absolute Gasteiger partial charge is 0.254 e. The van der Waals surface area contributed by atoms with Gasteiger partial charge in [-0.1, -0.05) is 18.2 Å². The summed E-state index contributed by atoms with van der Waals surface area (Å²) < 4.78 is 0. The molecular weight excluding hydrogens is 318 g/mol. The van der Waals surface area contributed by atoms with Crippen LogP contribution in [-0.2, 0) is 6.54 Å². The SMILES string of the molecule is Cc1ccccc1C(=O)N1CCN(Cc2nc(C3CC3)cs2)CC1. The lowest BCUT2D eigenvalue weighted by atomic mass is 10.1. The van der Waals surface area contributed by atoms with E-state index in [0.717, 1.165) is 49.8 Å². The third kappa shape index (κ3) is 3.37. The maximum atomic E-state index is 12.7. The summed E-state index contributed by atoms with van der Waals surface area (Å²) in [7, 11) is 0. The number of hydrogen-bond acceptors (Lipinski definition) is 4. The molecule has 2 aliphatic rings. The number of carbonyl (C=O) groups is 1. The van der Waals surface area contributed by atoms with Crippen LogP contribution in [0.25, 0.3) is 0 Å². The van der Waals surface area contributed by atoms with E-state index in [0.29, 0.717) is 0 Å². The van der Waals surface area contributed by atoms with Crippen molar-refractivity contribution in [3.63, 3.8) is 0 Å². The van der Waals surface area contributed by atoms with Crippen LogP contribution in [0, 0.1) is 6.92 Å². The van der Waals surface area contributed by atoms with Crippen molar-refractivity contribution in [3.8, 4) is 0 Å². The Morgan fingerprint density at radius 2 is 1.96 bits per heavy atom. The highest BCUT2D eigenvalue weighted by Gasteiger charge is 2.27. The Labute approximate surface area is 147 Å². The molecule has 0 atom stereocenters. The molecule has 0 bridgehead atoms. The molecule has 2 heterocycles. The number of hydrogen-bond donors (Lipinski definition) is 0. The summed E-state index contributed by atoms with van der Waals surface area (Å²) in [5, 5.41) is 3.45. The van der Waals surface area contributed by atoms with Crippen LogP contribution in [0.4, 0.5) is 0 Å². The average Bonchev–Trinajstić information content (AvgIpc) is 3.35. The van der Waals surface area contributed by atoms with Gasteiger partial charge >= 0.3 is 0 Å². The molecule has 126 valence electrons. The Balaban J connectivity index is 1.32. The van der Waals surface area contributed by atoms with Gasteiger partial charge in [0.2, 0.25) is 0 Å². The largest absolute Gasteiger partial charge is 0.336 e.